The normalized spacial score (nSPS) is 27.5. The van der Waals surface area contributed by atoms with Crippen molar-refractivity contribution < 1.29 is 18.9 Å². The van der Waals surface area contributed by atoms with E-state index in [0.717, 1.165) is 11.3 Å². The third-order valence-electron chi connectivity index (χ3n) is 7.76. The number of carbonyl (C=O) groups is 2. The molecule has 172 valence electrons. The van der Waals surface area contributed by atoms with Crippen molar-refractivity contribution in [1.29, 1.82) is 0 Å². The molecule has 1 aromatic heterocycles. The van der Waals surface area contributed by atoms with Gasteiger partial charge in [-0.05, 0) is 37.2 Å². The zero-order valence-electron chi connectivity index (χ0n) is 18.4. The maximum atomic E-state index is 14.5. The average Bonchev–Trinajstić information content (AvgIpc) is 3.50. The number of anilines is 2. The van der Waals surface area contributed by atoms with Crippen molar-refractivity contribution in [3.05, 3.63) is 87.9 Å². The number of benzene rings is 2. The number of hydrogen-bond acceptors (Lipinski definition) is 7. The average molecular weight is 458 g/mol. The number of amides is 1. The first-order valence-corrected chi connectivity index (χ1v) is 11.1. The highest BCUT2D eigenvalue weighted by Gasteiger charge is 2.74. The number of hydrogen-bond donors (Lipinski definition) is 2. The summed E-state index contributed by atoms with van der Waals surface area (Å²) in [5, 5.41) is 17.9. The minimum Gasteiger partial charge on any atom is -0.469 e. The number of likely N-dealkylation sites (tertiary alicyclic amines) is 1. The number of para-hydroxylation sites is 2. The molecule has 0 aliphatic carbocycles. The van der Waals surface area contributed by atoms with Crippen molar-refractivity contribution in [3.8, 4) is 0 Å². The molecule has 4 heterocycles. The summed E-state index contributed by atoms with van der Waals surface area (Å²) in [6.45, 7) is 0.557. The van der Waals surface area contributed by atoms with Gasteiger partial charge < -0.3 is 15.1 Å². The number of nitrogens with one attached hydrogen (secondary N) is 2. The van der Waals surface area contributed by atoms with Gasteiger partial charge in [0.15, 0.2) is 5.78 Å². The van der Waals surface area contributed by atoms with Crippen LogP contribution in [0.5, 0.6) is 0 Å². The Morgan fingerprint density at radius 1 is 1.15 bits per heavy atom. The Kier molecular flexibility index (Phi) is 4.25. The van der Waals surface area contributed by atoms with Crippen LogP contribution in [0.1, 0.15) is 21.7 Å². The fourth-order valence-corrected chi connectivity index (χ4v) is 6.47. The summed E-state index contributed by atoms with van der Waals surface area (Å²) in [7, 11) is 1.86. The number of ketones is 1. The second kappa shape index (κ2) is 7.01. The Morgan fingerprint density at radius 3 is 2.74 bits per heavy atom. The number of furan rings is 1. The first-order valence-electron chi connectivity index (χ1n) is 11.1. The van der Waals surface area contributed by atoms with Gasteiger partial charge in [0.2, 0.25) is 0 Å². The highest BCUT2D eigenvalue weighted by molar-refractivity contribution is 6.17. The van der Waals surface area contributed by atoms with Crippen molar-refractivity contribution in [3.63, 3.8) is 0 Å². The van der Waals surface area contributed by atoms with Gasteiger partial charge in [-0.25, -0.2) is 0 Å². The lowest BCUT2D eigenvalue weighted by atomic mass is 9.57. The molecule has 9 nitrogen and oxygen atoms in total. The van der Waals surface area contributed by atoms with E-state index in [9.17, 15) is 19.7 Å². The van der Waals surface area contributed by atoms with Crippen molar-refractivity contribution >= 4 is 28.8 Å². The molecule has 0 saturated carbocycles. The molecule has 1 amide bonds. The lowest BCUT2D eigenvalue weighted by Gasteiger charge is -2.48. The van der Waals surface area contributed by atoms with Gasteiger partial charge >= 0.3 is 0 Å². The predicted molar refractivity (Wildman–Crippen MR) is 124 cm³/mol. The molecule has 0 radical (unpaired) electrons. The molecule has 2 spiro atoms. The monoisotopic (exact) mass is 458 g/mol. The first-order chi connectivity index (χ1) is 16.4. The molecule has 6 rings (SSSR count). The van der Waals surface area contributed by atoms with Gasteiger partial charge in [-0.1, -0.05) is 24.3 Å². The Morgan fingerprint density at radius 2 is 1.97 bits per heavy atom. The van der Waals surface area contributed by atoms with Crippen LogP contribution in [-0.2, 0) is 16.8 Å². The van der Waals surface area contributed by atoms with E-state index < -0.39 is 15.9 Å². The van der Waals surface area contributed by atoms with E-state index in [1.807, 2.05) is 42.3 Å². The van der Waals surface area contributed by atoms with Gasteiger partial charge in [0.05, 0.1) is 16.6 Å². The number of carbonyl (C=O) groups excluding carboxylic acids is 2. The zero-order chi connectivity index (χ0) is 23.7. The molecule has 0 bridgehead atoms. The molecule has 3 aliphatic heterocycles. The largest absolute Gasteiger partial charge is 0.469 e. The Bertz CT molecular complexity index is 1350. The van der Waals surface area contributed by atoms with Crippen LogP contribution in [0, 0.1) is 21.4 Å². The molecule has 3 atom stereocenters. The van der Waals surface area contributed by atoms with Crippen LogP contribution >= 0.6 is 0 Å². The van der Waals surface area contributed by atoms with E-state index in [0.29, 0.717) is 18.7 Å². The Hall–Kier alpha value is -3.98. The highest BCUT2D eigenvalue weighted by Crippen LogP contribution is 2.62. The maximum absolute atomic E-state index is 14.5. The van der Waals surface area contributed by atoms with E-state index in [1.54, 1.807) is 18.4 Å². The molecule has 3 aliphatic rings. The summed E-state index contributed by atoms with van der Waals surface area (Å²) >= 11 is 0. The lowest BCUT2D eigenvalue weighted by Crippen LogP contribution is -2.63. The van der Waals surface area contributed by atoms with Crippen LogP contribution in [0.25, 0.3) is 0 Å². The SMILES string of the molecule is CN1C[C@@H](Cc2ccco2)[C@@]2(CNc3c(cccc3[N+](=O)[O-])C2=O)[C@@]12C(=O)Nc1ccccc12. The standard InChI is InChI=1S/C25H22N4O5/c1-28-13-15(12-16-6-5-11-34-16)24(25(28)18-8-2-3-9-19(18)27-23(25)31)14-26-21-17(22(24)30)7-4-10-20(21)29(32)33/h2-11,15,26H,12-14H2,1H3,(H,27,31)/t15-,24-,25-/m1/s1. The van der Waals surface area contributed by atoms with E-state index in [1.165, 1.54) is 12.1 Å². The number of nitrogens with zero attached hydrogens (tertiary/aromatic N) is 2. The Balaban J connectivity index is 1.61. The highest BCUT2D eigenvalue weighted by atomic mass is 16.6. The number of rotatable bonds is 3. The quantitative estimate of drug-likeness (QED) is 0.456. The van der Waals surface area contributed by atoms with E-state index in [4.69, 9.17) is 4.42 Å². The minimum atomic E-state index is -1.27. The predicted octanol–water partition coefficient (Wildman–Crippen LogP) is 3.43. The van der Waals surface area contributed by atoms with E-state index in [2.05, 4.69) is 10.6 Å². The number of nitro benzene ring substituents is 1. The van der Waals surface area contributed by atoms with Crippen LogP contribution in [0.3, 0.4) is 0 Å². The van der Waals surface area contributed by atoms with Crippen LogP contribution < -0.4 is 10.6 Å². The molecule has 3 aromatic rings. The number of nitro groups is 1. The van der Waals surface area contributed by atoms with Crippen LogP contribution in [0.2, 0.25) is 0 Å². The van der Waals surface area contributed by atoms with Crippen molar-refractivity contribution in [2.24, 2.45) is 11.3 Å². The number of likely N-dealkylation sites (N-methyl/N-ethyl adjacent to an activating group) is 1. The van der Waals surface area contributed by atoms with E-state index >= 15 is 0 Å². The van der Waals surface area contributed by atoms with Gasteiger partial charge in [0, 0.05) is 42.4 Å². The van der Waals surface area contributed by atoms with Crippen LogP contribution in [0.15, 0.2) is 65.3 Å². The zero-order valence-corrected chi connectivity index (χ0v) is 18.4. The molecule has 2 aromatic carbocycles. The lowest BCUT2D eigenvalue weighted by molar-refractivity contribution is -0.384. The summed E-state index contributed by atoms with van der Waals surface area (Å²) in [5.74, 6) is -0.0907. The molecule has 1 saturated heterocycles. The maximum Gasteiger partial charge on any atom is 0.293 e. The molecule has 34 heavy (non-hydrogen) atoms. The molecular weight excluding hydrogens is 436 g/mol. The van der Waals surface area contributed by atoms with Crippen molar-refractivity contribution in [2.75, 3.05) is 30.8 Å². The molecule has 1 fully saturated rings. The summed E-state index contributed by atoms with van der Waals surface area (Å²) in [4.78, 5) is 41.5. The molecular formula is C25H22N4O5. The molecule has 9 heteroatoms. The van der Waals surface area contributed by atoms with Gasteiger partial charge in [-0.2, -0.15) is 0 Å². The third-order valence-corrected chi connectivity index (χ3v) is 7.76. The fourth-order valence-electron chi connectivity index (χ4n) is 6.47. The van der Waals surface area contributed by atoms with Gasteiger partial charge in [0.1, 0.15) is 17.0 Å². The smallest absolute Gasteiger partial charge is 0.293 e. The van der Waals surface area contributed by atoms with Crippen LogP contribution in [-0.4, -0.2) is 41.7 Å². The molecule has 2 N–H and O–H groups in total. The van der Waals surface area contributed by atoms with Gasteiger partial charge in [0.25, 0.3) is 11.6 Å². The van der Waals surface area contributed by atoms with Gasteiger partial charge in [-0.15, -0.1) is 0 Å². The first kappa shape index (κ1) is 20.6. The van der Waals surface area contributed by atoms with E-state index in [-0.39, 0.29) is 41.1 Å². The summed E-state index contributed by atoms with van der Waals surface area (Å²) in [6, 6.07) is 15.6. The van der Waals surface area contributed by atoms with Crippen molar-refractivity contribution in [2.45, 2.75) is 12.0 Å². The van der Waals surface area contributed by atoms with Crippen molar-refractivity contribution in [1.82, 2.24) is 4.90 Å². The topological polar surface area (TPSA) is 118 Å². The molecule has 0 unspecified atom stereocenters. The third kappa shape index (κ3) is 2.36. The second-order valence-electron chi connectivity index (χ2n) is 9.18. The second-order valence-corrected chi connectivity index (χ2v) is 9.18. The van der Waals surface area contributed by atoms with Gasteiger partial charge in [-0.3, -0.25) is 24.6 Å². The Labute approximate surface area is 194 Å². The fraction of sp³-hybridized carbons (Fsp3) is 0.280. The summed E-state index contributed by atoms with van der Waals surface area (Å²) < 4.78 is 5.63. The number of Topliss-reactive ketones (excluding diaryl/α,β-unsaturated/α-hetero) is 1. The minimum absolute atomic E-state index is 0.0845. The van der Waals surface area contributed by atoms with Crippen LogP contribution in [0.4, 0.5) is 17.1 Å². The summed E-state index contributed by atoms with van der Waals surface area (Å²) in [6.07, 6.45) is 2.04. The number of fused-ring (bicyclic) bond motifs is 4. The summed E-state index contributed by atoms with van der Waals surface area (Å²) in [5.41, 5.74) is -0.780.